The average molecular weight is 219 g/mol. The first-order valence-electron chi connectivity index (χ1n) is 6.10. The molecule has 88 valence electrons. The molecule has 0 amide bonds. The van der Waals surface area contributed by atoms with E-state index in [9.17, 15) is 0 Å². The lowest BCUT2D eigenvalue weighted by atomic mass is 9.89. The Balaban J connectivity index is 2.26. The third kappa shape index (κ3) is 2.13. The predicted octanol–water partition coefficient (Wildman–Crippen LogP) is 2.37. The normalized spacial score (nSPS) is 26.2. The van der Waals surface area contributed by atoms with E-state index >= 15 is 0 Å². The number of aliphatic hydroxyl groups is 1. The van der Waals surface area contributed by atoms with Crippen molar-refractivity contribution in [2.24, 2.45) is 5.92 Å². The Morgan fingerprint density at radius 2 is 2.12 bits per heavy atom. The molecule has 1 aliphatic heterocycles. The van der Waals surface area contributed by atoms with Crippen molar-refractivity contribution in [3.63, 3.8) is 0 Å². The molecule has 0 saturated carbocycles. The molecule has 1 aromatic rings. The molecule has 2 heteroatoms. The summed E-state index contributed by atoms with van der Waals surface area (Å²) in [6.07, 6.45) is 2.12. The van der Waals surface area contributed by atoms with Crippen LogP contribution >= 0.6 is 0 Å². The number of aryl methyl sites for hydroxylation is 1. The molecule has 0 aromatic heterocycles. The Kier molecular flexibility index (Phi) is 3.62. The van der Waals surface area contributed by atoms with Crippen LogP contribution in [0.4, 0.5) is 0 Å². The molecule has 2 unspecified atom stereocenters. The number of hydrogen-bond acceptors (Lipinski definition) is 2. The van der Waals surface area contributed by atoms with Crippen LogP contribution in [-0.4, -0.2) is 30.2 Å². The zero-order valence-electron chi connectivity index (χ0n) is 10.2. The van der Waals surface area contributed by atoms with Crippen LogP contribution in [0.3, 0.4) is 0 Å². The third-order valence-corrected chi connectivity index (χ3v) is 3.78. The van der Waals surface area contributed by atoms with E-state index in [1.165, 1.54) is 17.5 Å². The van der Waals surface area contributed by atoms with Crippen molar-refractivity contribution in [3.8, 4) is 0 Å². The lowest BCUT2D eigenvalue weighted by Gasteiger charge is -2.26. The number of aliphatic hydroxyl groups excluding tert-OH is 1. The van der Waals surface area contributed by atoms with Gasteiger partial charge in [0.05, 0.1) is 0 Å². The van der Waals surface area contributed by atoms with Crippen LogP contribution in [0.5, 0.6) is 0 Å². The number of hydrogen-bond donors (Lipinski definition) is 1. The molecule has 1 aliphatic rings. The van der Waals surface area contributed by atoms with Gasteiger partial charge in [0.15, 0.2) is 0 Å². The lowest BCUT2D eigenvalue weighted by molar-refractivity contribution is 0.217. The van der Waals surface area contributed by atoms with Gasteiger partial charge in [-0.2, -0.15) is 0 Å². The quantitative estimate of drug-likeness (QED) is 0.843. The standard InChI is InChI=1S/C14H21NO/c1-11-5-3-4-6-13(11)14-12(8-10-16)7-9-15(14)2/h3-6,12,14,16H,7-10H2,1-2H3. The Morgan fingerprint density at radius 3 is 2.81 bits per heavy atom. The van der Waals surface area contributed by atoms with Gasteiger partial charge in [-0.1, -0.05) is 24.3 Å². The van der Waals surface area contributed by atoms with Crippen LogP contribution in [0.15, 0.2) is 24.3 Å². The van der Waals surface area contributed by atoms with Crippen molar-refractivity contribution >= 4 is 0 Å². The van der Waals surface area contributed by atoms with Crippen molar-refractivity contribution in [2.45, 2.75) is 25.8 Å². The first-order valence-corrected chi connectivity index (χ1v) is 6.10. The van der Waals surface area contributed by atoms with Crippen molar-refractivity contribution in [3.05, 3.63) is 35.4 Å². The molecular formula is C14H21NO. The molecular weight excluding hydrogens is 198 g/mol. The zero-order valence-corrected chi connectivity index (χ0v) is 10.2. The summed E-state index contributed by atoms with van der Waals surface area (Å²) in [5.74, 6) is 0.607. The summed E-state index contributed by atoms with van der Waals surface area (Å²) in [6, 6.07) is 9.11. The Labute approximate surface area is 97.9 Å². The largest absolute Gasteiger partial charge is 0.396 e. The maximum atomic E-state index is 9.13. The van der Waals surface area contributed by atoms with E-state index in [0.717, 1.165) is 13.0 Å². The Bertz CT molecular complexity index is 348. The lowest BCUT2D eigenvalue weighted by Crippen LogP contribution is -2.22. The second kappa shape index (κ2) is 4.98. The van der Waals surface area contributed by atoms with Gasteiger partial charge in [-0.3, -0.25) is 4.90 Å². The first kappa shape index (κ1) is 11.6. The highest BCUT2D eigenvalue weighted by Gasteiger charge is 2.32. The van der Waals surface area contributed by atoms with Gasteiger partial charge in [-0.05, 0) is 50.4 Å². The van der Waals surface area contributed by atoms with Gasteiger partial charge in [0.25, 0.3) is 0 Å². The molecule has 1 saturated heterocycles. The smallest absolute Gasteiger partial charge is 0.0434 e. The Hall–Kier alpha value is -0.860. The summed E-state index contributed by atoms with van der Waals surface area (Å²) in [7, 11) is 2.19. The van der Waals surface area contributed by atoms with Gasteiger partial charge >= 0.3 is 0 Å². The number of rotatable bonds is 3. The van der Waals surface area contributed by atoms with E-state index in [4.69, 9.17) is 5.11 Å². The SMILES string of the molecule is Cc1ccccc1C1C(CCO)CCN1C. The molecule has 1 fully saturated rings. The van der Waals surface area contributed by atoms with Crippen LogP contribution in [0.2, 0.25) is 0 Å². The molecule has 0 spiro atoms. The molecule has 1 N–H and O–H groups in total. The van der Waals surface area contributed by atoms with Crippen LogP contribution in [0, 0.1) is 12.8 Å². The maximum Gasteiger partial charge on any atom is 0.0434 e. The van der Waals surface area contributed by atoms with E-state index in [-0.39, 0.29) is 0 Å². The van der Waals surface area contributed by atoms with Crippen LogP contribution < -0.4 is 0 Å². The monoisotopic (exact) mass is 219 g/mol. The van der Waals surface area contributed by atoms with Gasteiger partial charge in [0, 0.05) is 12.6 Å². The molecule has 2 atom stereocenters. The third-order valence-electron chi connectivity index (χ3n) is 3.78. The van der Waals surface area contributed by atoms with Crippen molar-refractivity contribution < 1.29 is 5.11 Å². The van der Waals surface area contributed by atoms with Gasteiger partial charge in [-0.15, -0.1) is 0 Å². The van der Waals surface area contributed by atoms with E-state index < -0.39 is 0 Å². The van der Waals surface area contributed by atoms with Crippen LogP contribution in [0.1, 0.15) is 30.0 Å². The minimum Gasteiger partial charge on any atom is -0.396 e. The van der Waals surface area contributed by atoms with Gasteiger partial charge in [-0.25, -0.2) is 0 Å². The fourth-order valence-corrected chi connectivity index (χ4v) is 2.90. The molecule has 0 bridgehead atoms. The molecule has 0 radical (unpaired) electrons. The summed E-state index contributed by atoms with van der Waals surface area (Å²) in [5.41, 5.74) is 2.80. The molecule has 1 aromatic carbocycles. The summed E-state index contributed by atoms with van der Waals surface area (Å²) in [5, 5.41) is 9.13. The fraction of sp³-hybridized carbons (Fsp3) is 0.571. The number of benzene rings is 1. The summed E-state index contributed by atoms with van der Waals surface area (Å²) >= 11 is 0. The van der Waals surface area contributed by atoms with Crippen LogP contribution in [0.25, 0.3) is 0 Å². The molecule has 16 heavy (non-hydrogen) atoms. The summed E-state index contributed by atoms with van der Waals surface area (Å²) in [6.45, 7) is 3.63. The summed E-state index contributed by atoms with van der Waals surface area (Å²) in [4.78, 5) is 2.42. The van der Waals surface area contributed by atoms with Gasteiger partial charge in [0.2, 0.25) is 0 Å². The topological polar surface area (TPSA) is 23.5 Å². The van der Waals surface area contributed by atoms with E-state index in [1.807, 2.05) is 0 Å². The van der Waals surface area contributed by atoms with Crippen molar-refractivity contribution in [1.29, 1.82) is 0 Å². The number of nitrogens with zero attached hydrogens (tertiary/aromatic N) is 1. The van der Waals surface area contributed by atoms with E-state index in [0.29, 0.717) is 18.6 Å². The van der Waals surface area contributed by atoms with Crippen molar-refractivity contribution in [1.82, 2.24) is 4.90 Å². The van der Waals surface area contributed by atoms with E-state index in [1.54, 1.807) is 0 Å². The minimum atomic E-state index is 0.306. The molecule has 2 nitrogen and oxygen atoms in total. The highest BCUT2D eigenvalue weighted by molar-refractivity contribution is 5.30. The van der Waals surface area contributed by atoms with Gasteiger partial charge < -0.3 is 5.11 Å². The van der Waals surface area contributed by atoms with E-state index in [2.05, 4.69) is 43.1 Å². The zero-order chi connectivity index (χ0) is 11.5. The van der Waals surface area contributed by atoms with Gasteiger partial charge in [0.1, 0.15) is 0 Å². The van der Waals surface area contributed by atoms with Crippen LogP contribution in [-0.2, 0) is 0 Å². The fourth-order valence-electron chi connectivity index (χ4n) is 2.90. The molecule has 1 heterocycles. The highest BCUT2D eigenvalue weighted by atomic mass is 16.3. The molecule has 2 rings (SSSR count). The molecule has 0 aliphatic carbocycles. The second-order valence-corrected chi connectivity index (χ2v) is 4.84. The van der Waals surface area contributed by atoms with Crippen molar-refractivity contribution in [2.75, 3.05) is 20.2 Å². The summed E-state index contributed by atoms with van der Waals surface area (Å²) < 4.78 is 0. The Morgan fingerprint density at radius 1 is 1.38 bits per heavy atom. The number of likely N-dealkylation sites (tertiary alicyclic amines) is 1. The maximum absolute atomic E-state index is 9.13. The minimum absolute atomic E-state index is 0.306. The predicted molar refractivity (Wildman–Crippen MR) is 66.4 cm³/mol. The highest BCUT2D eigenvalue weighted by Crippen LogP contribution is 2.38. The first-order chi connectivity index (χ1) is 7.74. The average Bonchev–Trinajstić information content (AvgIpc) is 2.62. The second-order valence-electron chi connectivity index (χ2n) is 4.84.